The van der Waals surface area contributed by atoms with E-state index in [0.29, 0.717) is 16.8 Å². The molecule has 1 aliphatic heterocycles. The topological polar surface area (TPSA) is 49.8 Å². The summed E-state index contributed by atoms with van der Waals surface area (Å²) in [5.41, 5.74) is 0. The molecule has 1 unspecified atom stereocenters. The lowest BCUT2D eigenvalue weighted by molar-refractivity contribution is -0.136. The summed E-state index contributed by atoms with van der Waals surface area (Å²) in [6.45, 7) is 0.519. The Hall–Kier alpha value is -1.14. The molecular formula is C15H19BrFNO3. The molecule has 0 bridgehead atoms. The van der Waals surface area contributed by atoms with Crippen molar-refractivity contribution in [1.82, 2.24) is 4.90 Å². The van der Waals surface area contributed by atoms with Gasteiger partial charge < -0.3 is 14.7 Å². The van der Waals surface area contributed by atoms with Gasteiger partial charge in [-0.05, 0) is 47.0 Å². The maximum Gasteiger partial charge on any atom is 0.260 e. The minimum absolute atomic E-state index is 0.0218. The number of aliphatic hydroxyl groups is 1. The second-order valence-corrected chi connectivity index (χ2v) is 5.99. The molecule has 0 aromatic heterocycles. The Morgan fingerprint density at radius 2 is 2.24 bits per heavy atom. The van der Waals surface area contributed by atoms with Crippen LogP contribution < -0.4 is 4.74 Å². The van der Waals surface area contributed by atoms with E-state index in [1.807, 2.05) is 0 Å². The van der Waals surface area contributed by atoms with Gasteiger partial charge in [-0.1, -0.05) is 12.8 Å². The summed E-state index contributed by atoms with van der Waals surface area (Å²) in [5, 5.41) is 9.41. The van der Waals surface area contributed by atoms with E-state index in [0.717, 1.165) is 25.7 Å². The third kappa shape index (κ3) is 4.41. The zero-order valence-electron chi connectivity index (χ0n) is 11.7. The van der Waals surface area contributed by atoms with Crippen molar-refractivity contribution in [2.45, 2.75) is 31.7 Å². The molecule has 0 saturated carbocycles. The number of hydrogen-bond acceptors (Lipinski definition) is 3. The van der Waals surface area contributed by atoms with Crippen molar-refractivity contribution in [3.63, 3.8) is 0 Å². The molecule has 21 heavy (non-hydrogen) atoms. The fraction of sp³-hybridized carbons (Fsp3) is 0.533. The molecular weight excluding hydrogens is 341 g/mol. The Morgan fingerprint density at radius 3 is 2.95 bits per heavy atom. The average Bonchev–Trinajstić information content (AvgIpc) is 2.71. The van der Waals surface area contributed by atoms with Gasteiger partial charge in [-0.15, -0.1) is 0 Å². The van der Waals surface area contributed by atoms with Gasteiger partial charge >= 0.3 is 0 Å². The number of aliphatic hydroxyl groups excluding tert-OH is 1. The summed E-state index contributed by atoms with van der Waals surface area (Å²) in [6.07, 6.45) is 3.87. The summed E-state index contributed by atoms with van der Waals surface area (Å²) in [5.74, 6) is -0.0827. The highest BCUT2D eigenvalue weighted by molar-refractivity contribution is 9.10. The van der Waals surface area contributed by atoms with Gasteiger partial charge in [-0.25, -0.2) is 4.39 Å². The number of benzene rings is 1. The molecule has 4 nitrogen and oxygen atoms in total. The van der Waals surface area contributed by atoms with Crippen molar-refractivity contribution in [2.24, 2.45) is 0 Å². The third-order valence-corrected chi connectivity index (χ3v) is 4.27. The van der Waals surface area contributed by atoms with E-state index in [4.69, 9.17) is 4.74 Å². The van der Waals surface area contributed by atoms with Crippen molar-refractivity contribution >= 4 is 21.8 Å². The monoisotopic (exact) mass is 359 g/mol. The van der Waals surface area contributed by atoms with Crippen LogP contribution in [0.1, 0.15) is 25.7 Å². The first-order chi connectivity index (χ1) is 10.1. The van der Waals surface area contributed by atoms with Crippen LogP contribution >= 0.6 is 15.9 Å². The summed E-state index contributed by atoms with van der Waals surface area (Å²) in [6, 6.07) is 3.94. The Morgan fingerprint density at radius 1 is 1.43 bits per heavy atom. The molecule has 116 valence electrons. The van der Waals surface area contributed by atoms with E-state index in [1.165, 1.54) is 18.2 Å². The number of likely N-dealkylation sites (tertiary alicyclic amines) is 1. The van der Waals surface area contributed by atoms with E-state index >= 15 is 0 Å². The highest BCUT2D eigenvalue weighted by atomic mass is 79.9. The van der Waals surface area contributed by atoms with E-state index in [9.17, 15) is 14.3 Å². The van der Waals surface area contributed by atoms with Crippen molar-refractivity contribution in [3.8, 4) is 5.75 Å². The van der Waals surface area contributed by atoms with Crippen LogP contribution in [0.4, 0.5) is 4.39 Å². The lowest BCUT2D eigenvalue weighted by Gasteiger charge is -2.28. The fourth-order valence-electron chi connectivity index (χ4n) is 2.51. The predicted molar refractivity (Wildman–Crippen MR) is 80.6 cm³/mol. The van der Waals surface area contributed by atoms with Crippen LogP contribution in [0.25, 0.3) is 0 Å². The number of amides is 1. The summed E-state index contributed by atoms with van der Waals surface area (Å²) in [4.78, 5) is 14.0. The Labute approximate surface area is 132 Å². The lowest BCUT2D eigenvalue weighted by Crippen LogP contribution is -2.44. The van der Waals surface area contributed by atoms with Crippen molar-refractivity contribution in [1.29, 1.82) is 0 Å². The zero-order valence-corrected chi connectivity index (χ0v) is 13.3. The molecule has 6 heteroatoms. The fourth-order valence-corrected chi connectivity index (χ4v) is 2.98. The minimum atomic E-state index is -0.367. The van der Waals surface area contributed by atoms with E-state index < -0.39 is 0 Å². The maximum absolute atomic E-state index is 13.0. The molecule has 0 radical (unpaired) electrons. The first kappa shape index (κ1) is 16.2. The molecule has 1 heterocycles. The van der Waals surface area contributed by atoms with Crippen LogP contribution in [-0.4, -0.2) is 41.7 Å². The third-order valence-electron chi connectivity index (χ3n) is 3.65. The molecule has 1 atom stereocenters. The minimum Gasteiger partial charge on any atom is -0.483 e. The van der Waals surface area contributed by atoms with Crippen LogP contribution in [0.15, 0.2) is 22.7 Å². The molecule has 1 amide bonds. The second-order valence-electron chi connectivity index (χ2n) is 5.14. The predicted octanol–water partition coefficient (Wildman–Crippen LogP) is 2.73. The first-order valence-electron chi connectivity index (χ1n) is 7.10. The maximum atomic E-state index is 13.0. The van der Waals surface area contributed by atoms with Gasteiger partial charge in [0.05, 0.1) is 17.1 Å². The number of rotatable bonds is 4. The number of nitrogens with zero attached hydrogens (tertiary/aromatic N) is 1. The molecule has 0 aliphatic carbocycles. The number of carbonyl (C=O) groups is 1. The van der Waals surface area contributed by atoms with Gasteiger partial charge in [-0.2, -0.15) is 0 Å². The van der Waals surface area contributed by atoms with Crippen LogP contribution in [-0.2, 0) is 4.79 Å². The Bertz CT molecular complexity index is 498. The number of ether oxygens (including phenoxy) is 1. The second kappa shape index (κ2) is 7.75. The van der Waals surface area contributed by atoms with E-state index in [1.54, 1.807) is 4.90 Å². The molecule has 1 aliphatic rings. The van der Waals surface area contributed by atoms with E-state index in [-0.39, 0.29) is 31.0 Å². The zero-order chi connectivity index (χ0) is 15.2. The van der Waals surface area contributed by atoms with Crippen LogP contribution in [0.5, 0.6) is 5.75 Å². The number of halogens is 2. The van der Waals surface area contributed by atoms with Gasteiger partial charge in [0, 0.05) is 6.54 Å². The molecule has 1 fully saturated rings. The largest absolute Gasteiger partial charge is 0.483 e. The number of hydrogen-bond donors (Lipinski definition) is 1. The Kier molecular flexibility index (Phi) is 5.99. The van der Waals surface area contributed by atoms with Gasteiger partial charge in [0.15, 0.2) is 6.61 Å². The molecule has 0 spiro atoms. The van der Waals surface area contributed by atoms with Crippen molar-refractivity contribution in [2.75, 3.05) is 19.8 Å². The van der Waals surface area contributed by atoms with Gasteiger partial charge in [0.1, 0.15) is 11.6 Å². The SMILES string of the molecule is O=C(COc1ccc(F)cc1Br)N1CCCCCC1CO. The highest BCUT2D eigenvalue weighted by Gasteiger charge is 2.25. The highest BCUT2D eigenvalue weighted by Crippen LogP contribution is 2.25. The smallest absolute Gasteiger partial charge is 0.260 e. The van der Waals surface area contributed by atoms with E-state index in [2.05, 4.69) is 15.9 Å². The normalized spacial score (nSPS) is 19.2. The van der Waals surface area contributed by atoms with Gasteiger partial charge in [-0.3, -0.25) is 4.79 Å². The molecule has 1 N–H and O–H groups in total. The lowest BCUT2D eigenvalue weighted by atomic mass is 10.1. The summed E-state index contributed by atoms with van der Waals surface area (Å²) < 4.78 is 18.9. The first-order valence-corrected chi connectivity index (χ1v) is 7.89. The summed E-state index contributed by atoms with van der Waals surface area (Å²) in [7, 11) is 0. The quantitative estimate of drug-likeness (QED) is 0.898. The van der Waals surface area contributed by atoms with Crippen molar-refractivity contribution in [3.05, 3.63) is 28.5 Å². The van der Waals surface area contributed by atoms with Crippen LogP contribution in [0.3, 0.4) is 0 Å². The van der Waals surface area contributed by atoms with Crippen LogP contribution in [0.2, 0.25) is 0 Å². The number of carbonyl (C=O) groups excluding carboxylic acids is 1. The van der Waals surface area contributed by atoms with Crippen molar-refractivity contribution < 1.29 is 19.0 Å². The molecule has 1 aromatic carbocycles. The Balaban J connectivity index is 1.96. The molecule has 1 aromatic rings. The average molecular weight is 360 g/mol. The molecule has 1 saturated heterocycles. The van der Waals surface area contributed by atoms with Gasteiger partial charge in [0.25, 0.3) is 5.91 Å². The molecule has 2 rings (SSSR count). The standard InChI is InChI=1S/C15H19BrFNO3/c16-13-8-11(17)5-6-14(13)21-10-15(20)18-7-3-1-2-4-12(18)9-19/h5-6,8,12,19H,1-4,7,9-10H2. The van der Waals surface area contributed by atoms with Crippen LogP contribution in [0, 0.1) is 5.82 Å². The summed E-state index contributed by atoms with van der Waals surface area (Å²) >= 11 is 3.20. The van der Waals surface area contributed by atoms with Gasteiger partial charge in [0.2, 0.25) is 0 Å².